The summed E-state index contributed by atoms with van der Waals surface area (Å²) in [4.78, 5) is 2.12. The summed E-state index contributed by atoms with van der Waals surface area (Å²) in [5.74, 6) is 0. The summed E-state index contributed by atoms with van der Waals surface area (Å²) in [7, 11) is 0. The second-order valence-electron chi connectivity index (χ2n) is 4.80. The van der Waals surface area contributed by atoms with Gasteiger partial charge in [-0.3, -0.25) is 0 Å². The fourth-order valence-corrected chi connectivity index (χ4v) is 2.29. The average molecular weight is 241 g/mol. The average Bonchev–Trinajstić information content (AvgIpc) is 2.85. The molecule has 5 heteroatoms. The first-order chi connectivity index (χ1) is 6.62. The summed E-state index contributed by atoms with van der Waals surface area (Å²) in [5, 5.41) is 0. The van der Waals surface area contributed by atoms with Gasteiger partial charge in [0.25, 0.3) is 0 Å². The Morgan fingerprint density at radius 2 is 2.07 bits per heavy atom. The topological polar surface area (TPSA) is 29.3 Å². The fourth-order valence-electron chi connectivity index (χ4n) is 2.29. The third kappa shape index (κ3) is 3.02. The van der Waals surface area contributed by atoms with Crippen LogP contribution in [-0.4, -0.2) is 37.0 Å². The summed E-state index contributed by atoms with van der Waals surface area (Å²) in [6.45, 7) is 2.30. The van der Waals surface area contributed by atoms with Gasteiger partial charge < -0.3 is 10.6 Å². The highest BCUT2D eigenvalue weighted by atomic mass is 35.5. The van der Waals surface area contributed by atoms with E-state index >= 15 is 0 Å². The van der Waals surface area contributed by atoms with E-state index in [0.717, 1.165) is 25.9 Å². The molecular formula is C10H19ClF2N2. The molecule has 2 aliphatic rings. The van der Waals surface area contributed by atoms with E-state index in [4.69, 9.17) is 5.73 Å². The lowest BCUT2D eigenvalue weighted by molar-refractivity contribution is 0.0305. The van der Waals surface area contributed by atoms with Crippen LogP contribution in [0.2, 0.25) is 0 Å². The molecule has 0 aromatic carbocycles. The first-order valence-corrected chi connectivity index (χ1v) is 5.38. The minimum absolute atomic E-state index is 0. The maximum atomic E-state index is 12.7. The molecule has 15 heavy (non-hydrogen) atoms. The SMILES string of the molecule is Cl.NC1CCCN(CC2(C(F)F)CC2)C1. The molecule has 0 amide bonds. The smallest absolute Gasteiger partial charge is 0.245 e. The Morgan fingerprint density at radius 1 is 1.40 bits per heavy atom. The van der Waals surface area contributed by atoms with Crippen LogP contribution >= 0.6 is 12.4 Å². The molecule has 1 aliphatic heterocycles. The first kappa shape index (κ1) is 13.1. The molecule has 0 spiro atoms. The van der Waals surface area contributed by atoms with Crippen LogP contribution in [0.3, 0.4) is 0 Å². The predicted octanol–water partition coefficient (Wildman–Crippen LogP) is 1.88. The normalized spacial score (nSPS) is 30.0. The van der Waals surface area contributed by atoms with Crippen molar-refractivity contribution in [3.8, 4) is 0 Å². The number of rotatable bonds is 3. The number of alkyl halides is 2. The lowest BCUT2D eigenvalue weighted by Crippen LogP contribution is -2.46. The van der Waals surface area contributed by atoms with Crippen molar-refractivity contribution in [2.24, 2.45) is 11.1 Å². The van der Waals surface area contributed by atoms with E-state index in [2.05, 4.69) is 4.90 Å². The van der Waals surface area contributed by atoms with Crippen molar-refractivity contribution in [3.63, 3.8) is 0 Å². The second kappa shape index (κ2) is 4.93. The Balaban J connectivity index is 0.00000112. The van der Waals surface area contributed by atoms with E-state index in [1.165, 1.54) is 0 Å². The van der Waals surface area contributed by atoms with E-state index in [1.807, 2.05) is 0 Å². The van der Waals surface area contributed by atoms with Gasteiger partial charge in [0.1, 0.15) is 0 Å². The van der Waals surface area contributed by atoms with Gasteiger partial charge in [-0.2, -0.15) is 0 Å². The summed E-state index contributed by atoms with van der Waals surface area (Å²) in [5.41, 5.74) is 5.14. The number of nitrogens with two attached hydrogens (primary N) is 1. The van der Waals surface area contributed by atoms with Crippen LogP contribution in [0.4, 0.5) is 8.78 Å². The van der Waals surface area contributed by atoms with Gasteiger partial charge >= 0.3 is 0 Å². The summed E-state index contributed by atoms with van der Waals surface area (Å²) < 4.78 is 25.3. The Hall–Kier alpha value is 0.0700. The number of piperidine rings is 1. The van der Waals surface area contributed by atoms with Gasteiger partial charge in [-0.25, -0.2) is 8.78 Å². The molecular weight excluding hydrogens is 222 g/mol. The van der Waals surface area contributed by atoms with E-state index in [9.17, 15) is 8.78 Å². The first-order valence-electron chi connectivity index (χ1n) is 5.38. The Labute approximate surface area is 95.6 Å². The molecule has 1 unspecified atom stereocenters. The lowest BCUT2D eigenvalue weighted by atomic mass is 10.0. The zero-order valence-corrected chi connectivity index (χ0v) is 9.61. The molecule has 2 nitrogen and oxygen atoms in total. The maximum absolute atomic E-state index is 12.7. The number of halogens is 3. The van der Waals surface area contributed by atoms with Gasteiger partial charge in [-0.1, -0.05) is 0 Å². The molecule has 0 bridgehead atoms. The minimum atomic E-state index is -2.15. The minimum Gasteiger partial charge on any atom is -0.327 e. The highest BCUT2D eigenvalue weighted by Gasteiger charge is 2.51. The van der Waals surface area contributed by atoms with Crippen molar-refractivity contribution >= 4 is 12.4 Å². The van der Waals surface area contributed by atoms with E-state index < -0.39 is 11.8 Å². The van der Waals surface area contributed by atoms with Crippen molar-refractivity contribution in [1.29, 1.82) is 0 Å². The summed E-state index contributed by atoms with van der Waals surface area (Å²) in [6.07, 6.45) is 1.33. The molecule has 1 saturated heterocycles. The van der Waals surface area contributed by atoms with Crippen LogP contribution in [0.25, 0.3) is 0 Å². The zero-order chi connectivity index (χ0) is 10.2. The van der Waals surface area contributed by atoms with Gasteiger partial charge in [-0.15, -0.1) is 12.4 Å². The molecule has 1 aliphatic carbocycles. The number of nitrogens with zero attached hydrogens (tertiary/aromatic N) is 1. The van der Waals surface area contributed by atoms with Crippen molar-refractivity contribution in [1.82, 2.24) is 4.90 Å². The maximum Gasteiger partial charge on any atom is 0.245 e. The summed E-state index contributed by atoms with van der Waals surface area (Å²) in [6, 6.07) is 0.192. The van der Waals surface area contributed by atoms with Gasteiger partial charge in [-0.05, 0) is 32.2 Å². The number of hydrogen-bond donors (Lipinski definition) is 1. The largest absolute Gasteiger partial charge is 0.327 e. The van der Waals surface area contributed by atoms with Crippen molar-refractivity contribution in [2.75, 3.05) is 19.6 Å². The van der Waals surface area contributed by atoms with Gasteiger partial charge in [0.2, 0.25) is 6.43 Å². The number of hydrogen-bond acceptors (Lipinski definition) is 2. The molecule has 0 aromatic heterocycles. The Kier molecular flexibility index (Phi) is 4.32. The molecule has 1 heterocycles. The van der Waals surface area contributed by atoms with Crippen molar-refractivity contribution in [3.05, 3.63) is 0 Å². The van der Waals surface area contributed by atoms with Crippen LogP contribution in [0.15, 0.2) is 0 Å². The van der Waals surface area contributed by atoms with Gasteiger partial charge in [0, 0.05) is 24.5 Å². The Bertz CT molecular complexity index is 210. The van der Waals surface area contributed by atoms with Crippen LogP contribution in [0.5, 0.6) is 0 Å². The fraction of sp³-hybridized carbons (Fsp3) is 1.00. The standard InChI is InChI=1S/C10H18F2N2.ClH/c11-9(12)10(3-4-10)7-14-5-1-2-8(13)6-14;/h8-9H,1-7,13H2;1H. The number of likely N-dealkylation sites (tertiary alicyclic amines) is 1. The van der Waals surface area contributed by atoms with E-state index in [-0.39, 0.29) is 18.4 Å². The predicted molar refractivity (Wildman–Crippen MR) is 58.6 cm³/mol. The highest BCUT2D eigenvalue weighted by molar-refractivity contribution is 5.85. The molecule has 2 fully saturated rings. The highest BCUT2D eigenvalue weighted by Crippen LogP contribution is 2.51. The van der Waals surface area contributed by atoms with E-state index in [1.54, 1.807) is 0 Å². The van der Waals surface area contributed by atoms with Gasteiger partial charge in [0.05, 0.1) is 0 Å². The third-order valence-electron chi connectivity index (χ3n) is 3.44. The second-order valence-corrected chi connectivity index (χ2v) is 4.80. The molecule has 0 aromatic rings. The quantitative estimate of drug-likeness (QED) is 0.816. The molecule has 2 rings (SSSR count). The van der Waals surface area contributed by atoms with Crippen LogP contribution in [-0.2, 0) is 0 Å². The lowest BCUT2D eigenvalue weighted by Gasteiger charge is -2.33. The van der Waals surface area contributed by atoms with Gasteiger partial charge in [0.15, 0.2) is 0 Å². The van der Waals surface area contributed by atoms with Crippen LogP contribution in [0.1, 0.15) is 25.7 Å². The monoisotopic (exact) mass is 240 g/mol. The van der Waals surface area contributed by atoms with Crippen molar-refractivity contribution in [2.45, 2.75) is 38.2 Å². The third-order valence-corrected chi connectivity index (χ3v) is 3.44. The molecule has 90 valence electrons. The van der Waals surface area contributed by atoms with Crippen LogP contribution in [0, 0.1) is 5.41 Å². The van der Waals surface area contributed by atoms with Crippen LogP contribution < -0.4 is 5.73 Å². The van der Waals surface area contributed by atoms with Crippen molar-refractivity contribution < 1.29 is 8.78 Å². The molecule has 0 radical (unpaired) electrons. The zero-order valence-electron chi connectivity index (χ0n) is 8.79. The molecule has 1 saturated carbocycles. The molecule has 1 atom stereocenters. The molecule has 2 N–H and O–H groups in total. The summed E-state index contributed by atoms with van der Waals surface area (Å²) >= 11 is 0. The van der Waals surface area contributed by atoms with E-state index in [0.29, 0.717) is 19.4 Å². The Morgan fingerprint density at radius 3 is 2.53 bits per heavy atom.